The molecule has 1 fully saturated rings. The second-order valence-electron chi connectivity index (χ2n) is 9.26. The summed E-state index contributed by atoms with van der Waals surface area (Å²) in [5.74, 6) is -0.316. The predicted octanol–water partition coefficient (Wildman–Crippen LogP) is 5.79. The van der Waals surface area contributed by atoms with Gasteiger partial charge in [-0.25, -0.2) is 4.79 Å². The first kappa shape index (κ1) is 23.1. The third-order valence-electron chi connectivity index (χ3n) is 5.93. The van der Waals surface area contributed by atoms with Crippen molar-refractivity contribution >= 4 is 12.2 Å². The SMILES string of the molecule is C=C=C[C@@H]1C(C(C#N)(C#N)C/C=C/c2ccccc2)=C[C@H]2CC[C@@H]1N2C(=O)OC(C)(C)C. The monoisotopic (exact) mass is 427 g/mol. The molecule has 164 valence electrons. The van der Waals surface area contributed by atoms with Crippen LogP contribution >= 0.6 is 0 Å². The molecule has 2 aliphatic heterocycles. The van der Waals surface area contributed by atoms with E-state index in [0.29, 0.717) is 0 Å². The number of nitrogens with zero attached hydrogens (tertiary/aromatic N) is 3. The molecule has 5 nitrogen and oxygen atoms in total. The lowest BCUT2D eigenvalue weighted by Gasteiger charge is -2.41. The molecule has 0 aliphatic carbocycles. The lowest BCUT2D eigenvalue weighted by Crippen LogP contribution is -2.50. The van der Waals surface area contributed by atoms with Crippen molar-refractivity contribution in [2.45, 2.75) is 57.7 Å². The minimum absolute atomic E-state index is 0.191. The van der Waals surface area contributed by atoms with Gasteiger partial charge in [-0.3, -0.25) is 4.90 Å². The van der Waals surface area contributed by atoms with Gasteiger partial charge in [-0.15, -0.1) is 5.73 Å². The fourth-order valence-corrected chi connectivity index (χ4v) is 4.55. The molecule has 1 aromatic rings. The molecule has 1 saturated heterocycles. The molecule has 2 heterocycles. The zero-order chi connectivity index (χ0) is 23.4. The number of carbonyl (C=O) groups excluding carboxylic acids is 1. The first-order chi connectivity index (χ1) is 15.2. The molecule has 2 bridgehead atoms. The maximum Gasteiger partial charge on any atom is 0.411 e. The average molecular weight is 428 g/mol. The summed E-state index contributed by atoms with van der Waals surface area (Å²) in [6.45, 7) is 9.24. The van der Waals surface area contributed by atoms with Gasteiger partial charge < -0.3 is 4.74 Å². The van der Waals surface area contributed by atoms with Gasteiger partial charge in [0.2, 0.25) is 0 Å². The number of hydrogen-bond acceptors (Lipinski definition) is 4. The summed E-state index contributed by atoms with van der Waals surface area (Å²) in [7, 11) is 0. The van der Waals surface area contributed by atoms with Gasteiger partial charge in [0.1, 0.15) is 5.60 Å². The van der Waals surface area contributed by atoms with E-state index in [1.807, 2.05) is 69.3 Å². The molecule has 1 amide bonds. The molecular formula is C27H29N3O2. The van der Waals surface area contributed by atoms with Gasteiger partial charge in [0.05, 0.1) is 18.2 Å². The minimum atomic E-state index is -1.33. The fourth-order valence-electron chi connectivity index (χ4n) is 4.55. The third-order valence-corrected chi connectivity index (χ3v) is 5.93. The van der Waals surface area contributed by atoms with Crippen LogP contribution in [-0.4, -0.2) is 28.7 Å². The van der Waals surface area contributed by atoms with Crippen LogP contribution in [0.5, 0.6) is 0 Å². The van der Waals surface area contributed by atoms with E-state index in [1.54, 1.807) is 11.0 Å². The van der Waals surface area contributed by atoms with Gasteiger partial charge in [0.25, 0.3) is 0 Å². The van der Waals surface area contributed by atoms with Crippen LogP contribution in [0.15, 0.2) is 66.4 Å². The maximum atomic E-state index is 12.9. The molecule has 2 aliphatic rings. The predicted molar refractivity (Wildman–Crippen MR) is 124 cm³/mol. The number of nitriles is 2. The summed E-state index contributed by atoms with van der Waals surface area (Å²) < 4.78 is 5.64. The number of fused-ring (bicyclic) bond motifs is 2. The molecule has 0 N–H and O–H groups in total. The maximum absolute atomic E-state index is 12.9. The van der Waals surface area contributed by atoms with Gasteiger partial charge in [-0.05, 0) is 50.8 Å². The second-order valence-corrected chi connectivity index (χ2v) is 9.26. The van der Waals surface area contributed by atoms with Crippen LogP contribution in [0.4, 0.5) is 4.79 Å². The number of benzene rings is 1. The average Bonchev–Trinajstić information content (AvgIpc) is 3.09. The Morgan fingerprint density at radius 2 is 1.91 bits per heavy atom. The highest BCUT2D eigenvalue weighted by Crippen LogP contribution is 2.47. The number of allylic oxidation sites excluding steroid dienone is 1. The normalized spacial score (nSPS) is 22.5. The topological polar surface area (TPSA) is 77.1 Å². The Morgan fingerprint density at radius 1 is 1.22 bits per heavy atom. The molecule has 0 saturated carbocycles. The van der Waals surface area contributed by atoms with E-state index >= 15 is 0 Å². The van der Waals surface area contributed by atoms with E-state index in [2.05, 4.69) is 24.4 Å². The van der Waals surface area contributed by atoms with Gasteiger partial charge in [0.15, 0.2) is 5.41 Å². The number of rotatable bonds is 5. The Kier molecular flexibility index (Phi) is 6.73. The van der Waals surface area contributed by atoms with E-state index in [9.17, 15) is 15.3 Å². The largest absolute Gasteiger partial charge is 0.444 e. The minimum Gasteiger partial charge on any atom is -0.444 e. The molecule has 32 heavy (non-hydrogen) atoms. The van der Waals surface area contributed by atoms with Crippen LogP contribution in [0.2, 0.25) is 0 Å². The van der Waals surface area contributed by atoms with Crippen molar-refractivity contribution in [1.82, 2.24) is 4.90 Å². The molecule has 3 atom stereocenters. The van der Waals surface area contributed by atoms with Crippen molar-refractivity contribution in [1.29, 1.82) is 10.5 Å². The molecule has 5 heteroatoms. The Labute approximate surface area is 190 Å². The zero-order valence-electron chi connectivity index (χ0n) is 18.9. The highest BCUT2D eigenvalue weighted by atomic mass is 16.6. The van der Waals surface area contributed by atoms with E-state index < -0.39 is 11.0 Å². The summed E-state index contributed by atoms with van der Waals surface area (Å²) in [4.78, 5) is 14.7. The van der Waals surface area contributed by atoms with Crippen LogP contribution in [-0.2, 0) is 4.74 Å². The van der Waals surface area contributed by atoms with Crippen molar-refractivity contribution in [2.24, 2.45) is 11.3 Å². The fraction of sp³-hybridized carbons (Fsp3) is 0.407. The van der Waals surface area contributed by atoms with Gasteiger partial charge >= 0.3 is 6.09 Å². The van der Waals surface area contributed by atoms with E-state index in [-0.39, 0.29) is 30.5 Å². The van der Waals surface area contributed by atoms with Crippen LogP contribution in [0.3, 0.4) is 0 Å². The third kappa shape index (κ3) is 4.70. The summed E-state index contributed by atoms with van der Waals surface area (Å²) in [5.41, 5.74) is 2.63. The van der Waals surface area contributed by atoms with Crippen molar-refractivity contribution in [3.63, 3.8) is 0 Å². The first-order valence-electron chi connectivity index (χ1n) is 10.9. The lowest BCUT2D eigenvalue weighted by atomic mass is 9.70. The van der Waals surface area contributed by atoms with Crippen molar-refractivity contribution < 1.29 is 9.53 Å². The van der Waals surface area contributed by atoms with Crippen LogP contribution in [0.1, 0.15) is 45.6 Å². The second kappa shape index (κ2) is 9.31. The Bertz CT molecular complexity index is 1030. The van der Waals surface area contributed by atoms with Crippen molar-refractivity contribution in [3.8, 4) is 12.1 Å². The number of ether oxygens (including phenoxy) is 1. The van der Waals surface area contributed by atoms with Gasteiger partial charge in [-0.2, -0.15) is 10.5 Å². The summed E-state index contributed by atoms with van der Waals surface area (Å²) in [6.07, 6.45) is 8.92. The number of carbonyl (C=O) groups is 1. The van der Waals surface area contributed by atoms with Crippen LogP contribution < -0.4 is 0 Å². The first-order valence-corrected chi connectivity index (χ1v) is 10.9. The summed E-state index contributed by atoms with van der Waals surface area (Å²) in [6, 6.07) is 13.9. The van der Waals surface area contributed by atoms with E-state index in [4.69, 9.17) is 4.74 Å². The molecular weight excluding hydrogens is 398 g/mol. The van der Waals surface area contributed by atoms with Crippen LogP contribution in [0.25, 0.3) is 6.08 Å². The summed E-state index contributed by atoms with van der Waals surface area (Å²) >= 11 is 0. The highest BCUT2D eigenvalue weighted by Gasteiger charge is 2.51. The van der Waals surface area contributed by atoms with Crippen molar-refractivity contribution in [3.05, 3.63) is 72.0 Å². The van der Waals surface area contributed by atoms with Crippen LogP contribution in [0, 0.1) is 34.0 Å². The lowest BCUT2D eigenvalue weighted by molar-refractivity contribution is 0.0133. The number of amides is 1. The molecule has 0 unspecified atom stereocenters. The molecule has 0 aromatic heterocycles. The Hall–Kier alpha value is -3.53. The molecule has 3 rings (SSSR count). The van der Waals surface area contributed by atoms with E-state index in [0.717, 1.165) is 24.0 Å². The van der Waals surface area contributed by atoms with Gasteiger partial charge in [-0.1, -0.05) is 55.1 Å². The number of hydrogen-bond donors (Lipinski definition) is 0. The molecule has 0 radical (unpaired) electrons. The molecule has 0 spiro atoms. The standard InChI is InChI=1S/C27H29N3O2/c1-5-10-22-23(17-21-14-15-24(22)30(21)25(31)32-26(2,3)4)27(18-28,19-29)16-9-13-20-11-7-6-8-12-20/h6-13,17,21-22,24H,1,14-16H2,2-4H3/b13-9+/t21-,22-,24+/m1/s1. The highest BCUT2D eigenvalue weighted by molar-refractivity contribution is 5.71. The molecule has 1 aromatic carbocycles. The van der Waals surface area contributed by atoms with Gasteiger partial charge in [0, 0.05) is 18.4 Å². The quantitative estimate of drug-likeness (QED) is 0.440. The Morgan fingerprint density at radius 3 is 2.50 bits per heavy atom. The van der Waals surface area contributed by atoms with Crippen molar-refractivity contribution in [2.75, 3.05) is 0 Å². The zero-order valence-corrected chi connectivity index (χ0v) is 18.9. The smallest absolute Gasteiger partial charge is 0.411 e. The van der Waals surface area contributed by atoms with E-state index in [1.165, 1.54) is 0 Å². The Balaban J connectivity index is 1.96. The summed E-state index contributed by atoms with van der Waals surface area (Å²) in [5, 5.41) is 20.3.